The molecule has 0 unspecified atom stereocenters. The van der Waals surface area contributed by atoms with E-state index < -0.39 is 44.1 Å². The van der Waals surface area contributed by atoms with Crippen molar-refractivity contribution in [3.05, 3.63) is 11.5 Å². The third kappa shape index (κ3) is 7.13. The van der Waals surface area contributed by atoms with Crippen LogP contribution in [0.25, 0.3) is 0 Å². The molecular formula is C6H9MgO10P. The third-order valence-electron chi connectivity index (χ3n) is 1.46. The first-order valence-corrected chi connectivity index (χ1v) is 5.47. The van der Waals surface area contributed by atoms with Crippen LogP contribution in [0.4, 0.5) is 0 Å². The van der Waals surface area contributed by atoms with E-state index in [2.05, 4.69) is 4.74 Å². The molecule has 0 spiro atoms. The van der Waals surface area contributed by atoms with Gasteiger partial charge in [0.2, 0.25) is 0 Å². The molecule has 12 heteroatoms. The van der Waals surface area contributed by atoms with E-state index in [1.165, 1.54) is 0 Å². The Bertz CT molecular complexity index is 353. The van der Waals surface area contributed by atoms with E-state index >= 15 is 0 Å². The van der Waals surface area contributed by atoms with Crippen molar-refractivity contribution in [2.24, 2.45) is 0 Å². The van der Waals surface area contributed by atoms with Crippen molar-refractivity contribution in [3.63, 3.8) is 0 Å². The molecule has 0 saturated carbocycles. The van der Waals surface area contributed by atoms with Gasteiger partial charge in [0.05, 0.1) is 6.61 Å². The summed E-state index contributed by atoms with van der Waals surface area (Å²) in [6.45, 7) is -0.699. The number of ether oxygens (including phenoxy) is 1. The maximum absolute atomic E-state index is 10.6. The number of aliphatic hydroxyl groups excluding tert-OH is 3. The van der Waals surface area contributed by atoms with Crippen LogP contribution < -0.4 is 10.00 Å². The molecule has 2 atom stereocenters. The monoisotopic (exact) mass is 296 g/mol. The van der Waals surface area contributed by atoms with E-state index in [9.17, 15) is 9.90 Å². The minimum atomic E-state index is -4.89. The van der Waals surface area contributed by atoms with Gasteiger partial charge in [0.15, 0.2) is 6.10 Å². The molecule has 100 valence electrons. The molecule has 1 heterocycles. The zero-order valence-electron chi connectivity index (χ0n) is 8.79. The average molecular weight is 296 g/mol. The van der Waals surface area contributed by atoms with E-state index in [0.29, 0.717) is 0 Å². The second-order valence-electron chi connectivity index (χ2n) is 2.78. The smallest absolute Gasteiger partial charge is 0.865 e. The number of carbonyl (C=O) groups is 1. The summed E-state index contributed by atoms with van der Waals surface area (Å²) in [5, 5.41) is 36.8. The second kappa shape index (κ2) is 7.91. The average Bonchev–Trinajstić information content (AvgIpc) is 2.42. The van der Waals surface area contributed by atoms with Crippen LogP contribution in [0.5, 0.6) is 0 Å². The van der Waals surface area contributed by atoms with Gasteiger partial charge in [-0.15, -0.1) is 0 Å². The third-order valence-corrected chi connectivity index (χ3v) is 1.46. The van der Waals surface area contributed by atoms with Gasteiger partial charge in [-0.2, -0.15) is 0 Å². The first-order chi connectivity index (χ1) is 7.57. The Morgan fingerprint density at radius 3 is 2.06 bits per heavy atom. The molecule has 1 aliphatic heterocycles. The molecular weight excluding hydrogens is 287 g/mol. The molecule has 10 nitrogen and oxygen atoms in total. The zero-order valence-corrected chi connectivity index (χ0v) is 11.1. The van der Waals surface area contributed by atoms with Crippen LogP contribution in [0.2, 0.25) is 0 Å². The quantitative estimate of drug-likeness (QED) is 0.188. The van der Waals surface area contributed by atoms with Gasteiger partial charge in [-0.3, -0.25) is 4.57 Å². The summed E-state index contributed by atoms with van der Waals surface area (Å²) in [7, 11) is -4.89. The fraction of sp³-hybridized carbons (Fsp3) is 0.500. The van der Waals surface area contributed by atoms with E-state index in [1.54, 1.807) is 0 Å². The van der Waals surface area contributed by atoms with Crippen LogP contribution in [0.15, 0.2) is 11.5 Å². The Hall–Kier alpha value is -0.394. The summed E-state index contributed by atoms with van der Waals surface area (Å²) in [6, 6.07) is 0. The van der Waals surface area contributed by atoms with Gasteiger partial charge < -0.3 is 39.8 Å². The molecule has 0 saturated heterocycles. The number of cyclic esters (lactones) is 1. The molecule has 0 aromatic rings. The van der Waals surface area contributed by atoms with Gasteiger partial charge >= 0.3 is 29.0 Å². The molecule has 0 radical (unpaired) electrons. The topological polar surface area (TPSA) is 191 Å². The van der Waals surface area contributed by atoms with Gasteiger partial charge in [0, 0.05) is 5.76 Å². The van der Waals surface area contributed by atoms with Crippen molar-refractivity contribution in [1.29, 1.82) is 0 Å². The second-order valence-corrected chi connectivity index (χ2v) is 3.76. The van der Waals surface area contributed by atoms with E-state index in [4.69, 9.17) is 34.6 Å². The number of rotatable bonds is 2. The molecule has 0 fully saturated rings. The molecule has 18 heavy (non-hydrogen) atoms. The summed E-state index contributed by atoms with van der Waals surface area (Å²) in [5.41, 5.74) is 0. The number of aliphatic hydroxyl groups is 3. The van der Waals surface area contributed by atoms with Crippen molar-refractivity contribution in [2.75, 3.05) is 6.61 Å². The Kier molecular flexibility index (Phi) is 8.76. The Morgan fingerprint density at radius 1 is 1.44 bits per heavy atom. The van der Waals surface area contributed by atoms with Crippen LogP contribution in [0.3, 0.4) is 0 Å². The standard InChI is InChI=1S/C6H8O6.Mg.H3O4P/c7-1-2(8)5-3(9)4(10)6(11)12-5;;1-5(2,3)4/h2,5,7-10H,1H2;;(H3,1,2,3,4)/q;+2;/p-2/t2-,5+;;/m0../s1. The number of esters is 1. The largest absolute Gasteiger partial charge is 2.00 e. The molecule has 0 amide bonds. The summed E-state index contributed by atoms with van der Waals surface area (Å²) in [4.78, 5) is 33.4. The number of hydrogen-bond donors (Lipinski definition) is 5. The number of hydrogen-bond acceptors (Lipinski definition) is 8. The van der Waals surface area contributed by atoms with Crippen LogP contribution in [-0.2, 0) is 14.1 Å². The van der Waals surface area contributed by atoms with Gasteiger partial charge in [-0.1, -0.05) is 0 Å². The van der Waals surface area contributed by atoms with Crippen molar-refractivity contribution in [2.45, 2.75) is 12.2 Å². The van der Waals surface area contributed by atoms with Gasteiger partial charge in [0.1, 0.15) is 11.9 Å². The summed E-state index contributed by atoms with van der Waals surface area (Å²) in [6.07, 6.45) is -2.88. The summed E-state index contributed by atoms with van der Waals surface area (Å²) in [5.74, 6) is -3.25. The van der Waals surface area contributed by atoms with Crippen molar-refractivity contribution in [3.8, 4) is 0 Å². The molecule has 0 aliphatic carbocycles. The molecule has 1 aliphatic rings. The van der Waals surface area contributed by atoms with E-state index in [-0.39, 0.29) is 23.1 Å². The van der Waals surface area contributed by atoms with Crippen molar-refractivity contribution in [1.82, 2.24) is 0 Å². The van der Waals surface area contributed by atoms with E-state index in [0.717, 1.165) is 0 Å². The first-order valence-electron chi connectivity index (χ1n) is 3.94. The predicted octanol–water partition coefficient (Wildman–Crippen LogP) is -4.55. The van der Waals surface area contributed by atoms with Crippen molar-refractivity contribution >= 4 is 36.8 Å². The fourth-order valence-electron chi connectivity index (χ4n) is 0.815. The molecule has 5 N–H and O–H groups in total. The minimum Gasteiger partial charge on any atom is -0.865 e. The molecule has 0 aromatic carbocycles. The van der Waals surface area contributed by atoms with Crippen LogP contribution in [0.1, 0.15) is 0 Å². The summed E-state index contributed by atoms with van der Waals surface area (Å²) >= 11 is 0. The van der Waals surface area contributed by atoms with Crippen molar-refractivity contribution < 1.29 is 49.2 Å². The Labute approximate surface area is 117 Å². The molecule has 1 rings (SSSR count). The minimum absolute atomic E-state index is 0. The summed E-state index contributed by atoms with van der Waals surface area (Å²) < 4.78 is 13.0. The van der Waals surface area contributed by atoms with Gasteiger partial charge in [0.25, 0.3) is 7.82 Å². The van der Waals surface area contributed by atoms with Gasteiger partial charge in [-0.25, -0.2) is 4.79 Å². The first kappa shape index (κ1) is 19.9. The predicted molar refractivity (Wildman–Crippen MR) is 50.4 cm³/mol. The number of phosphoric acid groups is 1. The molecule has 0 bridgehead atoms. The number of carbonyl (C=O) groups excluding carboxylic acids is 1. The van der Waals surface area contributed by atoms with Crippen LogP contribution in [0, 0.1) is 0 Å². The van der Waals surface area contributed by atoms with Crippen LogP contribution >= 0.6 is 7.82 Å². The van der Waals surface area contributed by atoms with Crippen LogP contribution in [-0.4, -0.2) is 72.9 Å². The zero-order chi connectivity index (χ0) is 13.8. The van der Waals surface area contributed by atoms with E-state index in [1.807, 2.05) is 0 Å². The fourth-order valence-corrected chi connectivity index (χ4v) is 0.815. The molecule has 0 aromatic heterocycles. The maximum Gasteiger partial charge on any atom is 2.00 e. The normalized spacial score (nSPS) is 20.5. The Morgan fingerprint density at radius 2 is 1.83 bits per heavy atom. The maximum atomic E-state index is 10.6. The Balaban J connectivity index is 0. The SMILES string of the molecule is O=C1O[C@H]([C@@H](O)CO)C(O)=C1[O-].O=P([O-])(O)O.[Mg+2]. The van der Waals surface area contributed by atoms with Gasteiger partial charge in [-0.05, 0) is 0 Å².